The van der Waals surface area contributed by atoms with Gasteiger partial charge in [0.25, 0.3) is 0 Å². The minimum absolute atomic E-state index is 0.103. The number of ether oxygens (including phenoxy) is 1. The minimum Gasteiger partial charge on any atom is -0.494 e. The van der Waals surface area contributed by atoms with E-state index in [0.717, 1.165) is 6.42 Å². The minimum atomic E-state index is -0.103. The van der Waals surface area contributed by atoms with Crippen LogP contribution >= 0.6 is 11.6 Å². The molecule has 0 aliphatic carbocycles. The number of rotatable bonds is 5. The molecule has 2 N–H and O–H groups in total. The zero-order valence-electron chi connectivity index (χ0n) is 11.2. The molecule has 2 aromatic carbocycles. The van der Waals surface area contributed by atoms with Gasteiger partial charge in [0.2, 0.25) is 0 Å². The fourth-order valence-electron chi connectivity index (χ4n) is 1.78. The maximum Gasteiger partial charge on any atom is 0.193 e. The lowest BCUT2D eigenvalue weighted by atomic mass is 10.0. The second-order valence-electron chi connectivity index (χ2n) is 4.44. The van der Waals surface area contributed by atoms with E-state index in [0.29, 0.717) is 34.2 Å². The summed E-state index contributed by atoms with van der Waals surface area (Å²) in [4.78, 5) is 12.4. The average molecular weight is 290 g/mol. The van der Waals surface area contributed by atoms with E-state index < -0.39 is 0 Å². The van der Waals surface area contributed by atoms with Crippen molar-refractivity contribution in [2.45, 2.75) is 13.3 Å². The van der Waals surface area contributed by atoms with Crippen LogP contribution in [0.15, 0.2) is 42.5 Å². The summed E-state index contributed by atoms with van der Waals surface area (Å²) in [6, 6.07) is 12.0. The highest BCUT2D eigenvalue weighted by Gasteiger charge is 2.11. The lowest BCUT2D eigenvalue weighted by Gasteiger charge is -2.07. The second-order valence-corrected chi connectivity index (χ2v) is 4.85. The maximum atomic E-state index is 12.4. The van der Waals surface area contributed by atoms with Crippen LogP contribution in [0, 0.1) is 0 Å². The molecule has 0 amide bonds. The Bertz CT molecular complexity index is 626. The van der Waals surface area contributed by atoms with Gasteiger partial charge >= 0.3 is 0 Å². The van der Waals surface area contributed by atoms with Crippen LogP contribution in [-0.2, 0) is 0 Å². The Morgan fingerprint density at radius 1 is 1.20 bits per heavy atom. The Hall–Kier alpha value is -2.00. The van der Waals surface area contributed by atoms with Crippen molar-refractivity contribution in [1.29, 1.82) is 0 Å². The summed E-state index contributed by atoms with van der Waals surface area (Å²) in [7, 11) is 0. The summed E-state index contributed by atoms with van der Waals surface area (Å²) in [5.41, 5.74) is 7.18. The van der Waals surface area contributed by atoms with E-state index in [1.807, 2.05) is 13.0 Å². The van der Waals surface area contributed by atoms with Crippen molar-refractivity contribution in [2.24, 2.45) is 0 Å². The number of ketones is 1. The Morgan fingerprint density at radius 2 is 1.95 bits per heavy atom. The van der Waals surface area contributed by atoms with Gasteiger partial charge in [-0.2, -0.15) is 0 Å². The third kappa shape index (κ3) is 3.31. The molecule has 0 saturated carbocycles. The lowest BCUT2D eigenvalue weighted by Crippen LogP contribution is -2.03. The van der Waals surface area contributed by atoms with E-state index in [9.17, 15) is 4.79 Å². The third-order valence-electron chi connectivity index (χ3n) is 2.83. The first-order chi connectivity index (χ1) is 9.61. The zero-order chi connectivity index (χ0) is 14.5. The van der Waals surface area contributed by atoms with Gasteiger partial charge in [0.05, 0.1) is 17.3 Å². The van der Waals surface area contributed by atoms with Crippen molar-refractivity contribution in [1.82, 2.24) is 0 Å². The molecule has 0 spiro atoms. The van der Waals surface area contributed by atoms with Crippen LogP contribution in [0.2, 0.25) is 5.02 Å². The molecule has 3 nitrogen and oxygen atoms in total. The molecule has 4 heteroatoms. The molecule has 0 fully saturated rings. The van der Waals surface area contributed by atoms with Gasteiger partial charge in [-0.05, 0) is 36.8 Å². The summed E-state index contributed by atoms with van der Waals surface area (Å²) in [5.74, 6) is 0.591. The van der Waals surface area contributed by atoms with E-state index in [1.54, 1.807) is 36.4 Å². The summed E-state index contributed by atoms with van der Waals surface area (Å²) in [6.45, 7) is 2.66. The van der Waals surface area contributed by atoms with Gasteiger partial charge in [-0.1, -0.05) is 30.7 Å². The third-order valence-corrected chi connectivity index (χ3v) is 3.16. The molecule has 0 aliphatic heterocycles. The molecule has 0 bridgehead atoms. The summed E-state index contributed by atoms with van der Waals surface area (Å²) < 4.78 is 5.53. The van der Waals surface area contributed by atoms with Gasteiger partial charge < -0.3 is 10.5 Å². The molecule has 2 aromatic rings. The summed E-state index contributed by atoms with van der Waals surface area (Å²) in [5, 5.41) is 0.384. The smallest absolute Gasteiger partial charge is 0.193 e. The van der Waals surface area contributed by atoms with Crippen molar-refractivity contribution in [2.75, 3.05) is 12.3 Å². The Kier molecular flexibility index (Phi) is 4.64. The molecule has 104 valence electrons. The molecule has 0 heterocycles. The number of benzene rings is 2. The van der Waals surface area contributed by atoms with Crippen LogP contribution in [-0.4, -0.2) is 12.4 Å². The standard InChI is InChI=1S/C16H16ClNO2/c1-2-8-20-13-5-3-4-11(9-13)16(19)12-6-7-15(18)14(17)10-12/h3-7,9-10H,2,8,18H2,1H3. The fraction of sp³-hybridized carbons (Fsp3) is 0.188. The van der Waals surface area contributed by atoms with Crippen molar-refractivity contribution in [3.63, 3.8) is 0 Å². The number of nitrogens with two attached hydrogens (primary N) is 1. The molecular formula is C16H16ClNO2. The lowest BCUT2D eigenvalue weighted by molar-refractivity contribution is 0.103. The van der Waals surface area contributed by atoms with Crippen LogP contribution < -0.4 is 10.5 Å². The SMILES string of the molecule is CCCOc1cccc(C(=O)c2ccc(N)c(Cl)c2)c1. The van der Waals surface area contributed by atoms with Crippen LogP contribution in [0.5, 0.6) is 5.75 Å². The summed E-state index contributed by atoms with van der Waals surface area (Å²) in [6.07, 6.45) is 0.922. The molecule has 0 aliphatic rings. The number of carbonyl (C=O) groups is 1. The maximum absolute atomic E-state index is 12.4. The molecule has 0 unspecified atom stereocenters. The van der Waals surface area contributed by atoms with Crippen molar-refractivity contribution >= 4 is 23.1 Å². The van der Waals surface area contributed by atoms with E-state index in [4.69, 9.17) is 22.1 Å². The van der Waals surface area contributed by atoms with Gasteiger partial charge in [0, 0.05) is 11.1 Å². The highest BCUT2D eigenvalue weighted by Crippen LogP contribution is 2.22. The summed E-state index contributed by atoms with van der Waals surface area (Å²) >= 11 is 5.94. The van der Waals surface area contributed by atoms with Gasteiger partial charge in [0.15, 0.2) is 5.78 Å². The zero-order valence-corrected chi connectivity index (χ0v) is 12.0. The molecule has 0 saturated heterocycles. The molecule has 20 heavy (non-hydrogen) atoms. The van der Waals surface area contributed by atoms with Crippen molar-refractivity contribution in [3.8, 4) is 5.75 Å². The van der Waals surface area contributed by atoms with Crippen molar-refractivity contribution in [3.05, 3.63) is 58.6 Å². The van der Waals surface area contributed by atoms with Crippen molar-refractivity contribution < 1.29 is 9.53 Å². The Morgan fingerprint density at radius 3 is 2.65 bits per heavy atom. The van der Waals surface area contributed by atoms with Gasteiger partial charge in [-0.3, -0.25) is 4.79 Å². The Balaban J connectivity index is 2.26. The highest BCUT2D eigenvalue weighted by molar-refractivity contribution is 6.33. The second kappa shape index (κ2) is 6.44. The highest BCUT2D eigenvalue weighted by atomic mass is 35.5. The topological polar surface area (TPSA) is 52.3 Å². The van der Waals surface area contributed by atoms with Crippen LogP contribution in [0.3, 0.4) is 0 Å². The van der Waals surface area contributed by atoms with Crippen LogP contribution in [0.4, 0.5) is 5.69 Å². The van der Waals surface area contributed by atoms with E-state index in [1.165, 1.54) is 0 Å². The van der Waals surface area contributed by atoms with Gasteiger partial charge in [0.1, 0.15) is 5.75 Å². The van der Waals surface area contributed by atoms with Gasteiger partial charge in [-0.15, -0.1) is 0 Å². The molecule has 0 atom stereocenters. The van der Waals surface area contributed by atoms with E-state index >= 15 is 0 Å². The quantitative estimate of drug-likeness (QED) is 0.670. The Labute approximate surface area is 123 Å². The number of carbonyl (C=O) groups excluding carboxylic acids is 1. The first-order valence-corrected chi connectivity index (χ1v) is 6.82. The predicted molar refractivity (Wildman–Crippen MR) is 81.5 cm³/mol. The first-order valence-electron chi connectivity index (χ1n) is 6.44. The number of anilines is 1. The molecular weight excluding hydrogens is 274 g/mol. The number of halogens is 1. The predicted octanol–water partition coefficient (Wildman–Crippen LogP) is 3.94. The number of nitrogen functional groups attached to an aromatic ring is 1. The van der Waals surface area contributed by atoms with Crippen LogP contribution in [0.1, 0.15) is 29.3 Å². The fourth-order valence-corrected chi connectivity index (χ4v) is 1.96. The monoisotopic (exact) mass is 289 g/mol. The average Bonchev–Trinajstić information content (AvgIpc) is 2.47. The number of hydrogen-bond donors (Lipinski definition) is 1. The first kappa shape index (κ1) is 14.4. The van der Waals surface area contributed by atoms with E-state index in [-0.39, 0.29) is 5.78 Å². The molecule has 0 radical (unpaired) electrons. The van der Waals surface area contributed by atoms with E-state index in [2.05, 4.69) is 0 Å². The normalized spacial score (nSPS) is 10.3. The molecule has 0 aromatic heterocycles. The van der Waals surface area contributed by atoms with Crippen LogP contribution in [0.25, 0.3) is 0 Å². The number of hydrogen-bond acceptors (Lipinski definition) is 3. The molecule has 2 rings (SSSR count). The largest absolute Gasteiger partial charge is 0.494 e. The van der Waals surface area contributed by atoms with Gasteiger partial charge in [-0.25, -0.2) is 0 Å².